The molecule has 0 saturated carbocycles. The lowest BCUT2D eigenvalue weighted by Gasteiger charge is -2.08. The molecule has 0 spiro atoms. The maximum atomic E-state index is 13.0. The summed E-state index contributed by atoms with van der Waals surface area (Å²) in [5.74, 6) is -0.458. The van der Waals surface area contributed by atoms with Crippen molar-refractivity contribution in [3.63, 3.8) is 0 Å². The first kappa shape index (κ1) is 20.0. The van der Waals surface area contributed by atoms with Crippen LogP contribution in [-0.2, 0) is 6.54 Å². The third-order valence-corrected chi connectivity index (χ3v) is 2.52. The number of nitrogens with one attached hydrogen (secondary N) is 1. The summed E-state index contributed by atoms with van der Waals surface area (Å²) in [5.41, 5.74) is 5.87. The molecule has 0 aliphatic heterocycles. The zero-order chi connectivity index (χ0) is 14.6. The molecule has 0 aliphatic carbocycles. The highest BCUT2D eigenvalue weighted by Crippen LogP contribution is 2.26. The molecule has 5 heteroatoms. The van der Waals surface area contributed by atoms with Crippen LogP contribution in [0.2, 0.25) is 10.0 Å². The highest BCUT2D eigenvalue weighted by Gasteiger charge is 2.09. The Morgan fingerprint density at radius 3 is 2.22 bits per heavy atom. The zero-order valence-electron chi connectivity index (χ0n) is 11.5. The van der Waals surface area contributed by atoms with Gasteiger partial charge in [-0.1, -0.05) is 50.9 Å². The lowest BCUT2D eigenvalue weighted by atomic mass is 10.2. The van der Waals surface area contributed by atoms with Crippen molar-refractivity contribution in [2.24, 2.45) is 5.73 Å². The van der Waals surface area contributed by atoms with Gasteiger partial charge in [0.25, 0.3) is 0 Å². The first-order chi connectivity index (χ1) is 8.66. The molecular weight excluding hydrogens is 274 g/mol. The van der Waals surface area contributed by atoms with Gasteiger partial charge in [-0.3, -0.25) is 0 Å². The van der Waals surface area contributed by atoms with E-state index in [2.05, 4.69) is 5.32 Å². The van der Waals surface area contributed by atoms with E-state index < -0.39 is 5.82 Å². The van der Waals surface area contributed by atoms with Crippen LogP contribution in [0.15, 0.2) is 12.1 Å². The number of hydrogen-bond acceptors (Lipinski definition) is 2. The van der Waals surface area contributed by atoms with E-state index in [-0.39, 0.29) is 5.02 Å². The van der Waals surface area contributed by atoms with Crippen molar-refractivity contribution < 1.29 is 4.39 Å². The van der Waals surface area contributed by atoms with Gasteiger partial charge in [0.05, 0.1) is 5.02 Å². The minimum absolute atomic E-state index is 0.0713. The predicted octanol–water partition coefficient (Wildman–Crippen LogP) is 4.23. The summed E-state index contributed by atoms with van der Waals surface area (Å²) >= 11 is 11.6. The predicted molar refractivity (Wildman–Crippen MR) is 79.9 cm³/mol. The van der Waals surface area contributed by atoms with E-state index in [9.17, 15) is 4.39 Å². The minimum Gasteiger partial charge on any atom is -0.329 e. The molecule has 0 amide bonds. The maximum absolute atomic E-state index is 13.0. The molecule has 0 aliphatic rings. The van der Waals surface area contributed by atoms with Crippen LogP contribution in [-0.4, -0.2) is 13.1 Å². The fraction of sp³-hybridized carbons (Fsp3) is 0.538. The molecule has 106 valence electrons. The largest absolute Gasteiger partial charge is 0.329 e. The van der Waals surface area contributed by atoms with Crippen molar-refractivity contribution in [1.29, 1.82) is 0 Å². The maximum Gasteiger partial charge on any atom is 0.142 e. The van der Waals surface area contributed by atoms with Crippen molar-refractivity contribution in [3.8, 4) is 0 Å². The molecule has 1 rings (SSSR count). The monoisotopic (exact) mass is 296 g/mol. The Bertz CT molecular complexity index is 320. The van der Waals surface area contributed by atoms with Crippen LogP contribution in [0.25, 0.3) is 0 Å². The number of halogens is 3. The quantitative estimate of drug-likeness (QED) is 0.644. The molecule has 3 N–H and O–H groups in total. The summed E-state index contributed by atoms with van der Waals surface area (Å²) in [5, 5.41) is 3.53. The van der Waals surface area contributed by atoms with Gasteiger partial charge in [-0.05, 0) is 12.1 Å². The van der Waals surface area contributed by atoms with Gasteiger partial charge in [-0.2, -0.15) is 0 Å². The average molecular weight is 297 g/mol. The highest BCUT2D eigenvalue weighted by molar-refractivity contribution is 6.36. The molecule has 2 nitrogen and oxygen atoms in total. The number of benzene rings is 1. The molecule has 0 radical (unpaired) electrons. The molecule has 0 unspecified atom stereocenters. The third-order valence-electron chi connectivity index (χ3n) is 1.76. The van der Waals surface area contributed by atoms with E-state index in [1.165, 1.54) is 12.1 Å². The Morgan fingerprint density at radius 1 is 1.17 bits per heavy atom. The second kappa shape index (κ2) is 13.1. The Labute approximate surface area is 120 Å². The Morgan fingerprint density at radius 2 is 1.72 bits per heavy atom. The Hall–Kier alpha value is -0.350. The van der Waals surface area contributed by atoms with Crippen molar-refractivity contribution in [1.82, 2.24) is 5.32 Å². The van der Waals surface area contributed by atoms with Gasteiger partial charge < -0.3 is 11.1 Å². The Kier molecular flexibility index (Phi) is 14.5. The van der Waals surface area contributed by atoms with Gasteiger partial charge in [-0.15, -0.1) is 0 Å². The van der Waals surface area contributed by atoms with Crippen LogP contribution in [0.3, 0.4) is 0 Å². The first-order valence-electron chi connectivity index (χ1n) is 6.20. The standard InChI is InChI=1S/C9H11Cl2FN2.2C2H6/c10-7-1-2-8(12)9(11)6(7)5-14-4-3-13;2*1-2/h1-2,14H,3-5,13H2;2*1-2H3. The van der Waals surface area contributed by atoms with E-state index in [1.54, 1.807) is 0 Å². The molecule has 1 aromatic rings. The van der Waals surface area contributed by atoms with E-state index >= 15 is 0 Å². The van der Waals surface area contributed by atoms with Gasteiger partial charge in [-0.25, -0.2) is 4.39 Å². The number of rotatable bonds is 4. The van der Waals surface area contributed by atoms with Crippen molar-refractivity contribution in [2.75, 3.05) is 13.1 Å². The lowest BCUT2D eigenvalue weighted by Crippen LogP contribution is -2.22. The van der Waals surface area contributed by atoms with Crippen molar-refractivity contribution in [3.05, 3.63) is 33.6 Å². The summed E-state index contributed by atoms with van der Waals surface area (Å²) in [4.78, 5) is 0. The Balaban J connectivity index is 0. The summed E-state index contributed by atoms with van der Waals surface area (Å²) in [6.45, 7) is 9.58. The van der Waals surface area contributed by atoms with Crippen LogP contribution in [0.1, 0.15) is 33.3 Å². The van der Waals surface area contributed by atoms with Gasteiger partial charge in [0.2, 0.25) is 0 Å². The van der Waals surface area contributed by atoms with Gasteiger partial charge in [0.15, 0.2) is 0 Å². The van der Waals surface area contributed by atoms with Crippen molar-refractivity contribution >= 4 is 23.2 Å². The van der Waals surface area contributed by atoms with Crippen LogP contribution in [0, 0.1) is 5.82 Å². The number of nitrogens with two attached hydrogens (primary N) is 1. The molecule has 1 aromatic carbocycles. The second-order valence-electron chi connectivity index (χ2n) is 2.79. The van der Waals surface area contributed by atoms with Crippen LogP contribution < -0.4 is 11.1 Å². The molecular formula is C13H23Cl2FN2. The fourth-order valence-corrected chi connectivity index (χ4v) is 1.55. The summed E-state index contributed by atoms with van der Waals surface area (Å²) in [7, 11) is 0. The van der Waals surface area contributed by atoms with Crippen LogP contribution in [0.4, 0.5) is 4.39 Å². The second-order valence-corrected chi connectivity index (χ2v) is 3.57. The van der Waals surface area contributed by atoms with Gasteiger partial charge in [0, 0.05) is 30.2 Å². The molecule has 0 atom stereocenters. The molecule has 0 aromatic heterocycles. The van der Waals surface area contributed by atoms with E-state index in [1.807, 2.05) is 27.7 Å². The van der Waals surface area contributed by atoms with E-state index in [0.717, 1.165) is 0 Å². The van der Waals surface area contributed by atoms with Crippen molar-refractivity contribution in [2.45, 2.75) is 34.2 Å². The number of hydrogen-bond donors (Lipinski definition) is 2. The normalized spacial score (nSPS) is 8.89. The summed E-state index contributed by atoms with van der Waals surface area (Å²) in [6, 6.07) is 2.74. The fourth-order valence-electron chi connectivity index (χ4n) is 1.05. The SMILES string of the molecule is CC.CC.NCCNCc1c(Cl)ccc(F)c1Cl. The summed E-state index contributed by atoms with van der Waals surface area (Å²) in [6.07, 6.45) is 0. The lowest BCUT2D eigenvalue weighted by molar-refractivity contribution is 0.621. The van der Waals surface area contributed by atoms with Gasteiger partial charge >= 0.3 is 0 Å². The van der Waals surface area contributed by atoms with Crippen LogP contribution in [0.5, 0.6) is 0 Å². The molecule has 18 heavy (non-hydrogen) atoms. The first-order valence-corrected chi connectivity index (χ1v) is 6.95. The highest BCUT2D eigenvalue weighted by atomic mass is 35.5. The molecule has 0 heterocycles. The third kappa shape index (κ3) is 7.17. The van der Waals surface area contributed by atoms with Crippen LogP contribution >= 0.6 is 23.2 Å². The topological polar surface area (TPSA) is 38.0 Å². The smallest absolute Gasteiger partial charge is 0.142 e. The minimum atomic E-state index is -0.458. The van der Waals surface area contributed by atoms with E-state index in [4.69, 9.17) is 28.9 Å². The molecule has 0 saturated heterocycles. The molecule has 0 fully saturated rings. The zero-order valence-corrected chi connectivity index (χ0v) is 13.0. The van der Waals surface area contributed by atoms with Gasteiger partial charge in [0.1, 0.15) is 5.82 Å². The summed E-state index contributed by atoms with van der Waals surface area (Å²) < 4.78 is 13.0. The average Bonchev–Trinajstić information content (AvgIpc) is 2.43. The van der Waals surface area contributed by atoms with E-state index in [0.29, 0.717) is 30.2 Å². The molecule has 0 bridgehead atoms.